The van der Waals surface area contributed by atoms with Crippen LogP contribution < -0.4 is 5.73 Å². The largest absolute Gasteiger partial charge is 0.479 e. The molecule has 0 aromatic carbocycles. The third kappa shape index (κ3) is 1.69. The SMILES string of the molecule is N#CC[C@H](N)c1cc(O)on1. The van der Waals surface area contributed by atoms with Gasteiger partial charge in [-0.25, -0.2) is 0 Å². The van der Waals surface area contributed by atoms with Crippen LogP contribution in [0.4, 0.5) is 0 Å². The van der Waals surface area contributed by atoms with Gasteiger partial charge in [0.15, 0.2) is 0 Å². The number of hydrogen-bond acceptors (Lipinski definition) is 5. The zero-order valence-corrected chi connectivity index (χ0v) is 5.69. The summed E-state index contributed by atoms with van der Waals surface area (Å²) in [6, 6.07) is 2.70. The van der Waals surface area contributed by atoms with Crippen LogP contribution in [0.1, 0.15) is 18.2 Å². The number of nitrogens with two attached hydrogens (primary N) is 1. The maximum atomic E-state index is 8.70. The van der Waals surface area contributed by atoms with Crippen LogP contribution in [0.2, 0.25) is 0 Å². The molecule has 5 heteroatoms. The van der Waals surface area contributed by atoms with Crippen LogP contribution in [-0.4, -0.2) is 10.3 Å². The lowest BCUT2D eigenvalue weighted by Gasteiger charge is -1.98. The zero-order valence-electron chi connectivity index (χ0n) is 5.69. The van der Waals surface area contributed by atoms with Crippen molar-refractivity contribution in [3.05, 3.63) is 11.8 Å². The fourth-order valence-corrected chi connectivity index (χ4v) is 0.656. The molecule has 0 unspecified atom stereocenters. The van der Waals surface area contributed by atoms with Crippen molar-refractivity contribution >= 4 is 0 Å². The van der Waals surface area contributed by atoms with Gasteiger partial charge < -0.3 is 15.4 Å². The molecule has 0 spiro atoms. The van der Waals surface area contributed by atoms with E-state index in [1.165, 1.54) is 6.07 Å². The van der Waals surface area contributed by atoms with Gasteiger partial charge in [0, 0.05) is 6.07 Å². The van der Waals surface area contributed by atoms with Gasteiger partial charge in [-0.1, -0.05) is 5.16 Å². The highest BCUT2D eigenvalue weighted by Crippen LogP contribution is 2.16. The third-order valence-electron chi connectivity index (χ3n) is 1.21. The quantitative estimate of drug-likeness (QED) is 0.636. The lowest BCUT2D eigenvalue weighted by molar-refractivity contribution is 0.275. The smallest absolute Gasteiger partial charge is 0.309 e. The van der Waals surface area contributed by atoms with Crippen LogP contribution in [0.3, 0.4) is 0 Å². The van der Waals surface area contributed by atoms with Crippen LogP contribution in [0.5, 0.6) is 5.95 Å². The van der Waals surface area contributed by atoms with Crippen LogP contribution in [0.25, 0.3) is 0 Å². The summed E-state index contributed by atoms with van der Waals surface area (Å²) in [6.07, 6.45) is 0.159. The molecule has 5 nitrogen and oxygen atoms in total. The van der Waals surface area contributed by atoms with Gasteiger partial charge in [-0.05, 0) is 0 Å². The van der Waals surface area contributed by atoms with E-state index in [0.717, 1.165) is 0 Å². The Hall–Kier alpha value is -1.54. The second-order valence-corrected chi connectivity index (χ2v) is 2.06. The number of nitriles is 1. The van der Waals surface area contributed by atoms with Gasteiger partial charge in [0.2, 0.25) is 0 Å². The monoisotopic (exact) mass is 153 g/mol. The van der Waals surface area contributed by atoms with Crippen LogP contribution in [0, 0.1) is 11.3 Å². The molecule has 0 radical (unpaired) electrons. The number of hydrogen-bond donors (Lipinski definition) is 2. The minimum Gasteiger partial charge on any atom is -0.479 e. The topological polar surface area (TPSA) is 96.1 Å². The number of nitrogens with zero attached hydrogens (tertiary/aromatic N) is 2. The van der Waals surface area contributed by atoms with Crippen molar-refractivity contribution in [1.29, 1.82) is 5.26 Å². The number of aromatic hydroxyl groups is 1. The minimum absolute atomic E-state index is 0.159. The summed E-state index contributed by atoms with van der Waals surface area (Å²) >= 11 is 0. The summed E-state index contributed by atoms with van der Waals surface area (Å²) in [5.74, 6) is -0.284. The molecule has 0 aliphatic rings. The first-order valence-corrected chi connectivity index (χ1v) is 3.02. The predicted molar refractivity (Wildman–Crippen MR) is 35.3 cm³/mol. The molecule has 0 aliphatic heterocycles. The minimum atomic E-state index is -0.482. The lowest BCUT2D eigenvalue weighted by atomic mass is 10.2. The maximum Gasteiger partial charge on any atom is 0.309 e. The molecule has 1 aromatic rings. The standard InChI is InChI=1S/C6H7N3O2/c7-2-1-4(8)5-3-6(10)11-9-5/h3-4,10H,1,8H2/t4-/m0/s1. The summed E-state index contributed by atoms with van der Waals surface area (Å²) in [5, 5.41) is 20.4. The van der Waals surface area contributed by atoms with E-state index in [-0.39, 0.29) is 12.4 Å². The Morgan fingerprint density at radius 3 is 3.09 bits per heavy atom. The second kappa shape index (κ2) is 3.03. The molecule has 0 fully saturated rings. The lowest BCUT2D eigenvalue weighted by Crippen LogP contribution is -2.09. The van der Waals surface area contributed by atoms with E-state index in [4.69, 9.17) is 16.1 Å². The van der Waals surface area contributed by atoms with Crippen molar-refractivity contribution in [2.75, 3.05) is 0 Å². The highest BCUT2D eigenvalue weighted by molar-refractivity contribution is 5.13. The van der Waals surface area contributed by atoms with Gasteiger partial charge in [0.25, 0.3) is 0 Å². The zero-order chi connectivity index (χ0) is 8.27. The first-order valence-electron chi connectivity index (χ1n) is 3.02. The molecule has 0 saturated heterocycles. The fourth-order valence-electron chi connectivity index (χ4n) is 0.656. The molecule has 11 heavy (non-hydrogen) atoms. The van der Waals surface area contributed by atoms with E-state index in [1.807, 2.05) is 6.07 Å². The normalized spacial score (nSPS) is 12.4. The predicted octanol–water partition coefficient (Wildman–Crippen LogP) is 0.294. The van der Waals surface area contributed by atoms with E-state index in [9.17, 15) is 0 Å². The van der Waals surface area contributed by atoms with Crippen molar-refractivity contribution < 1.29 is 9.63 Å². The first kappa shape index (κ1) is 7.57. The molecule has 0 amide bonds. The van der Waals surface area contributed by atoms with Gasteiger partial charge in [0.1, 0.15) is 5.69 Å². The highest BCUT2D eigenvalue weighted by Gasteiger charge is 2.10. The summed E-state index contributed by atoms with van der Waals surface area (Å²) in [5.41, 5.74) is 5.86. The van der Waals surface area contributed by atoms with E-state index >= 15 is 0 Å². The van der Waals surface area contributed by atoms with Gasteiger partial charge in [0.05, 0.1) is 18.5 Å². The van der Waals surface area contributed by atoms with Gasteiger partial charge in [-0.2, -0.15) is 5.26 Å². The number of aromatic nitrogens is 1. The average Bonchev–Trinajstić information content (AvgIpc) is 2.36. The van der Waals surface area contributed by atoms with Gasteiger partial charge >= 0.3 is 5.95 Å². The molecular weight excluding hydrogens is 146 g/mol. The second-order valence-electron chi connectivity index (χ2n) is 2.06. The molecule has 1 aromatic heterocycles. The highest BCUT2D eigenvalue weighted by atomic mass is 16.5. The summed E-state index contributed by atoms with van der Waals surface area (Å²) in [7, 11) is 0. The first-order chi connectivity index (χ1) is 5.24. The number of rotatable bonds is 2. The van der Waals surface area contributed by atoms with Crippen molar-refractivity contribution in [2.24, 2.45) is 5.73 Å². The molecule has 58 valence electrons. The Bertz CT molecular complexity index is 276. The van der Waals surface area contributed by atoms with Crippen LogP contribution in [0.15, 0.2) is 10.6 Å². The van der Waals surface area contributed by atoms with E-state index in [1.54, 1.807) is 0 Å². The van der Waals surface area contributed by atoms with Crippen molar-refractivity contribution in [1.82, 2.24) is 5.16 Å². The summed E-state index contributed by atoms with van der Waals surface area (Å²) in [6.45, 7) is 0. The molecule has 0 saturated carbocycles. The van der Waals surface area contributed by atoms with Crippen molar-refractivity contribution in [3.63, 3.8) is 0 Å². The third-order valence-corrected chi connectivity index (χ3v) is 1.21. The van der Waals surface area contributed by atoms with Crippen molar-refractivity contribution in [2.45, 2.75) is 12.5 Å². The molecule has 1 heterocycles. The van der Waals surface area contributed by atoms with Crippen LogP contribution >= 0.6 is 0 Å². The molecule has 1 rings (SSSR count). The van der Waals surface area contributed by atoms with E-state index < -0.39 is 6.04 Å². The fraction of sp³-hybridized carbons (Fsp3) is 0.333. The Kier molecular flexibility index (Phi) is 2.09. The van der Waals surface area contributed by atoms with Crippen LogP contribution in [-0.2, 0) is 0 Å². The maximum absolute atomic E-state index is 8.70. The molecular formula is C6H7N3O2. The molecule has 0 aliphatic carbocycles. The van der Waals surface area contributed by atoms with Crippen molar-refractivity contribution in [3.8, 4) is 12.0 Å². The molecule has 0 bridgehead atoms. The molecule has 3 N–H and O–H groups in total. The summed E-state index contributed by atoms with van der Waals surface area (Å²) in [4.78, 5) is 0. The van der Waals surface area contributed by atoms with Gasteiger partial charge in [-0.3, -0.25) is 0 Å². The Labute approximate surface area is 63.0 Å². The Morgan fingerprint density at radius 1 is 1.91 bits per heavy atom. The van der Waals surface area contributed by atoms with E-state index in [2.05, 4.69) is 9.68 Å². The Balaban J connectivity index is 2.70. The van der Waals surface area contributed by atoms with Gasteiger partial charge in [-0.15, -0.1) is 0 Å². The summed E-state index contributed by atoms with van der Waals surface area (Å²) < 4.78 is 4.35. The van der Waals surface area contributed by atoms with E-state index in [0.29, 0.717) is 5.69 Å². The average molecular weight is 153 g/mol. The Morgan fingerprint density at radius 2 is 2.64 bits per heavy atom. The molecule has 1 atom stereocenters.